The average Bonchev–Trinajstić information content (AvgIpc) is 3.20. The van der Waals surface area contributed by atoms with Crippen LogP contribution in [0.1, 0.15) is 72.3 Å². The van der Waals surface area contributed by atoms with Gasteiger partial charge in [0.2, 0.25) is 11.8 Å². The van der Waals surface area contributed by atoms with E-state index in [1.807, 2.05) is 24.3 Å². The second kappa shape index (κ2) is 18.9. The van der Waals surface area contributed by atoms with E-state index in [4.69, 9.17) is 14.7 Å². The molecular weight excluding hydrogens is 656 g/mol. The number of hydrogen-bond acceptors (Lipinski definition) is 8. The Hall–Kier alpha value is -4.42. The number of benzene rings is 4. The summed E-state index contributed by atoms with van der Waals surface area (Å²) in [5, 5.41) is 21.1. The lowest BCUT2D eigenvalue weighted by atomic mass is 9.98. The third-order valence-electron chi connectivity index (χ3n) is 9.91. The van der Waals surface area contributed by atoms with Crippen molar-refractivity contribution < 1.29 is 29.4 Å². The first kappa shape index (κ1) is 37.3. The minimum absolute atomic E-state index is 0.00597. The number of unbranched alkanes of at least 4 members (excludes halogenated alkanes) is 1. The highest BCUT2D eigenvalue weighted by Gasteiger charge is 2.34. The van der Waals surface area contributed by atoms with Gasteiger partial charge in [-0.15, -0.1) is 0 Å². The highest BCUT2D eigenvalue weighted by atomic mass is 16.7. The Morgan fingerprint density at radius 2 is 1.37 bits per heavy atom. The second-order valence-corrected chi connectivity index (χ2v) is 13.8. The van der Waals surface area contributed by atoms with E-state index in [0.29, 0.717) is 25.8 Å². The second-order valence-electron chi connectivity index (χ2n) is 13.8. The molecule has 0 bridgehead atoms. The van der Waals surface area contributed by atoms with E-state index in [9.17, 15) is 14.7 Å². The molecule has 0 aromatic heterocycles. The van der Waals surface area contributed by atoms with Gasteiger partial charge in [-0.25, -0.2) is 5.48 Å². The minimum atomic E-state index is -0.519. The number of piperazine rings is 1. The van der Waals surface area contributed by atoms with E-state index in [1.54, 1.807) is 5.48 Å². The summed E-state index contributed by atoms with van der Waals surface area (Å²) in [6.07, 6.45) is 1.72. The van der Waals surface area contributed by atoms with Gasteiger partial charge >= 0.3 is 0 Å². The van der Waals surface area contributed by atoms with Gasteiger partial charge in [0.15, 0.2) is 6.29 Å². The molecule has 10 heteroatoms. The van der Waals surface area contributed by atoms with Crippen molar-refractivity contribution in [3.05, 3.63) is 131 Å². The highest BCUT2D eigenvalue weighted by molar-refractivity contribution is 5.76. The fourth-order valence-corrected chi connectivity index (χ4v) is 6.90. The molecule has 4 aromatic carbocycles. The molecule has 0 unspecified atom stereocenters. The summed E-state index contributed by atoms with van der Waals surface area (Å²) < 4.78 is 13.3. The number of hydrogen-bond donors (Lipinski definition) is 4. The van der Waals surface area contributed by atoms with E-state index >= 15 is 0 Å². The molecule has 0 radical (unpaired) electrons. The fourth-order valence-electron chi connectivity index (χ4n) is 6.90. The zero-order valence-electron chi connectivity index (χ0n) is 29.7. The summed E-state index contributed by atoms with van der Waals surface area (Å²) in [7, 11) is 0. The Morgan fingerprint density at radius 1 is 0.692 bits per heavy atom. The van der Waals surface area contributed by atoms with Crippen molar-refractivity contribution in [3.8, 4) is 11.1 Å². The van der Waals surface area contributed by atoms with Crippen LogP contribution in [0.2, 0.25) is 0 Å². The van der Waals surface area contributed by atoms with Crippen molar-refractivity contribution >= 4 is 11.8 Å². The zero-order valence-corrected chi connectivity index (χ0v) is 29.7. The summed E-state index contributed by atoms with van der Waals surface area (Å²) in [6, 6.07) is 35.1. The number of carbonyl (C=O) groups is 2. The van der Waals surface area contributed by atoms with Crippen LogP contribution in [0.3, 0.4) is 0 Å². The summed E-state index contributed by atoms with van der Waals surface area (Å²) in [4.78, 5) is 28.5. The molecule has 2 aliphatic heterocycles. The average molecular weight is 707 g/mol. The first-order valence-corrected chi connectivity index (χ1v) is 18.3. The number of rotatable bonds is 15. The summed E-state index contributed by atoms with van der Waals surface area (Å²) >= 11 is 0. The number of aliphatic hydroxyl groups excluding tert-OH is 1. The van der Waals surface area contributed by atoms with Gasteiger partial charge in [0.1, 0.15) is 0 Å². The van der Waals surface area contributed by atoms with Gasteiger partial charge in [0, 0.05) is 70.6 Å². The third-order valence-corrected chi connectivity index (χ3v) is 9.91. The normalized spacial score (nSPS) is 19.6. The molecule has 10 nitrogen and oxygen atoms in total. The molecule has 2 amide bonds. The molecule has 274 valence electrons. The summed E-state index contributed by atoms with van der Waals surface area (Å²) in [5.41, 5.74) is 8.96. The van der Waals surface area contributed by atoms with Gasteiger partial charge in [0.05, 0.1) is 18.8 Å². The maximum absolute atomic E-state index is 12.3. The minimum Gasteiger partial charge on any atom is -0.392 e. The van der Waals surface area contributed by atoms with E-state index in [-0.39, 0.29) is 31.1 Å². The summed E-state index contributed by atoms with van der Waals surface area (Å²) in [6.45, 7) is 6.28. The third kappa shape index (κ3) is 10.8. The molecule has 6 rings (SSSR count). The molecule has 3 atom stereocenters. The van der Waals surface area contributed by atoms with Gasteiger partial charge < -0.3 is 19.9 Å². The quantitative estimate of drug-likeness (QED) is 0.0686. The monoisotopic (exact) mass is 706 g/mol. The number of hydroxylamine groups is 1. The molecule has 4 N–H and O–H groups in total. The molecular formula is C42H50N4O6. The maximum atomic E-state index is 12.3. The number of amides is 2. The lowest BCUT2D eigenvalue weighted by Gasteiger charge is -2.40. The SMILES string of the molecule is O=C(CCCCC(=O)NCc1cccc(-c2ccc([C@@H]3O[C@H](CN4CCN(Cc5ccccc5)CC4)C[C@H](c4ccc(CO)cc4)O3)cc2)c1)NO. The topological polar surface area (TPSA) is 124 Å². The van der Waals surface area contributed by atoms with Crippen molar-refractivity contribution in [1.82, 2.24) is 20.6 Å². The first-order valence-electron chi connectivity index (χ1n) is 18.3. The number of carbonyl (C=O) groups excluding carboxylic acids is 2. The Morgan fingerprint density at radius 3 is 2.08 bits per heavy atom. The van der Waals surface area contributed by atoms with Crippen LogP contribution in [-0.2, 0) is 38.8 Å². The van der Waals surface area contributed by atoms with Crippen LogP contribution in [0.15, 0.2) is 103 Å². The number of nitrogens with zero attached hydrogens (tertiary/aromatic N) is 2. The molecule has 0 aliphatic carbocycles. The van der Waals surface area contributed by atoms with Crippen molar-refractivity contribution in [1.29, 1.82) is 0 Å². The van der Waals surface area contributed by atoms with Crippen LogP contribution >= 0.6 is 0 Å². The number of aliphatic hydroxyl groups is 1. The van der Waals surface area contributed by atoms with Crippen LogP contribution in [0.5, 0.6) is 0 Å². The first-order chi connectivity index (χ1) is 25.4. The van der Waals surface area contributed by atoms with Crippen molar-refractivity contribution in [2.24, 2.45) is 0 Å². The molecule has 0 spiro atoms. The number of ether oxygens (including phenoxy) is 2. The Labute approximate surface area is 306 Å². The molecule has 2 fully saturated rings. The lowest BCUT2D eigenvalue weighted by molar-refractivity contribution is -0.253. The largest absolute Gasteiger partial charge is 0.392 e. The van der Waals surface area contributed by atoms with E-state index in [2.05, 4.69) is 94.0 Å². The van der Waals surface area contributed by atoms with Crippen LogP contribution in [0.25, 0.3) is 11.1 Å². The van der Waals surface area contributed by atoms with Gasteiger partial charge in [-0.1, -0.05) is 97.1 Å². The van der Waals surface area contributed by atoms with Gasteiger partial charge in [-0.3, -0.25) is 24.6 Å². The molecule has 2 aliphatic rings. The predicted octanol–water partition coefficient (Wildman–Crippen LogP) is 5.89. The Balaban J connectivity index is 1.07. The molecule has 2 heterocycles. The van der Waals surface area contributed by atoms with Gasteiger partial charge in [-0.2, -0.15) is 0 Å². The predicted molar refractivity (Wildman–Crippen MR) is 199 cm³/mol. The highest BCUT2D eigenvalue weighted by Crippen LogP contribution is 2.39. The van der Waals surface area contributed by atoms with Crippen molar-refractivity contribution in [3.63, 3.8) is 0 Å². The fraction of sp³-hybridized carbons (Fsp3) is 0.381. The Bertz CT molecular complexity index is 1710. The van der Waals surface area contributed by atoms with E-state index in [1.165, 1.54) is 5.56 Å². The van der Waals surface area contributed by atoms with Gasteiger partial charge in [0.25, 0.3) is 0 Å². The van der Waals surface area contributed by atoms with E-state index < -0.39 is 12.2 Å². The van der Waals surface area contributed by atoms with Crippen LogP contribution < -0.4 is 10.8 Å². The van der Waals surface area contributed by atoms with E-state index in [0.717, 1.165) is 79.1 Å². The lowest BCUT2D eigenvalue weighted by Crippen LogP contribution is -2.49. The molecule has 2 saturated heterocycles. The maximum Gasteiger partial charge on any atom is 0.243 e. The van der Waals surface area contributed by atoms with Crippen LogP contribution in [-0.4, -0.2) is 70.8 Å². The molecule has 52 heavy (non-hydrogen) atoms. The molecule has 4 aromatic rings. The van der Waals surface area contributed by atoms with Crippen LogP contribution in [0.4, 0.5) is 0 Å². The van der Waals surface area contributed by atoms with Gasteiger partial charge in [-0.05, 0) is 52.3 Å². The standard InChI is InChI=1S/C42H50N4O6/c47-30-32-13-15-35(16-14-32)39-26-38(29-46-23-21-45(22-24-46)28-31-7-2-1-3-8-31)51-42(52-39)36-19-17-34(18-20-36)37-10-6-9-33(25-37)27-43-40(48)11-4-5-12-41(49)44-50/h1-3,6-10,13-20,25,38-39,42,47,50H,4-5,11-12,21-24,26-30H2,(H,43,48)(H,44,49)/t38-,39+,42+/m0/s1. The van der Waals surface area contributed by atoms with Crippen molar-refractivity contribution in [2.45, 2.75) is 70.3 Å². The Kier molecular flexibility index (Phi) is 13.6. The smallest absolute Gasteiger partial charge is 0.243 e. The van der Waals surface area contributed by atoms with Crippen LogP contribution in [0, 0.1) is 0 Å². The summed E-state index contributed by atoms with van der Waals surface area (Å²) in [5.74, 6) is -0.514. The van der Waals surface area contributed by atoms with Crippen molar-refractivity contribution in [2.75, 3.05) is 32.7 Å². The zero-order chi connectivity index (χ0) is 36.1. The molecule has 0 saturated carbocycles. The number of nitrogens with one attached hydrogen (secondary N) is 2.